The first kappa shape index (κ1) is 15.7. The van der Waals surface area contributed by atoms with Crippen molar-refractivity contribution in [2.45, 2.75) is 65.3 Å². The summed E-state index contributed by atoms with van der Waals surface area (Å²) in [5, 5.41) is 1.38. The van der Waals surface area contributed by atoms with Crippen LogP contribution in [0.4, 0.5) is 0 Å². The first-order valence-electron chi connectivity index (χ1n) is 9.92. The normalized spacial score (nSPS) is 39.1. The summed E-state index contributed by atoms with van der Waals surface area (Å²) in [6.07, 6.45) is 5.38. The van der Waals surface area contributed by atoms with Crippen LogP contribution in [0, 0.1) is 22.7 Å². The molecule has 4 atom stereocenters. The van der Waals surface area contributed by atoms with Crippen LogP contribution in [0.25, 0.3) is 10.9 Å². The molecule has 2 heterocycles. The van der Waals surface area contributed by atoms with Crippen molar-refractivity contribution in [3.05, 3.63) is 36.0 Å². The van der Waals surface area contributed by atoms with Crippen LogP contribution in [-0.2, 0) is 16.8 Å². The second-order valence-electron chi connectivity index (χ2n) is 9.89. The van der Waals surface area contributed by atoms with Crippen molar-refractivity contribution in [3.63, 3.8) is 0 Å². The molecule has 25 heavy (non-hydrogen) atoms. The second kappa shape index (κ2) is 4.58. The maximum Gasteiger partial charge on any atom is 0.138 e. The SMILES string of the molecule is CC1(C)C(=O)CCC2(C)C1CCC1(C)C2Cc2cc3ccccc3n21. The number of nitrogens with zero attached hydrogens (tertiary/aromatic N) is 1. The predicted octanol–water partition coefficient (Wildman–Crippen LogP) is 5.33. The Morgan fingerprint density at radius 2 is 1.80 bits per heavy atom. The van der Waals surface area contributed by atoms with E-state index < -0.39 is 0 Å². The van der Waals surface area contributed by atoms with Crippen LogP contribution in [0.5, 0.6) is 0 Å². The van der Waals surface area contributed by atoms with E-state index >= 15 is 0 Å². The second-order valence-corrected chi connectivity index (χ2v) is 9.89. The monoisotopic (exact) mass is 335 g/mol. The zero-order valence-electron chi connectivity index (χ0n) is 15.9. The smallest absolute Gasteiger partial charge is 0.138 e. The summed E-state index contributed by atoms with van der Waals surface area (Å²) in [6, 6.07) is 11.3. The number of para-hydroxylation sites is 1. The molecule has 2 aliphatic carbocycles. The summed E-state index contributed by atoms with van der Waals surface area (Å²) in [5.41, 5.74) is 3.21. The van der Waals surface area contributed by atoms with Crippen molar-refractivity contribution in [2.75, 3.05) is 0 Å². The van der Waals surface area contributed by atoms with E-state index in [-0.39, 0.29) is 16.4 Å². The number of ketones is 1. The first-order chi connectivity index (χ1) is 11.8. The van der Waals surface area contributed by atoms with Crippen molar-refractivity contribution in [1.29, 1.82) is 0 Å². The lowest BCUT2D eigenvalue weighted by molar-refractivity contribution is -0.154. The van der Waals surface area contributed by atoms with Gasteiger partial charge in [0.25, 0.3) is 0 Å². The third-order valence-electron chi connectivity index (χ3n) is 8.47. The van der Waals surface area contributed by atoms with Crippen molar-refractivity contribution in [1.82, 2.24) is 4.57 Å². The molecule has 1 aromatic carbocycles. The van der Waals surface area contributed by atoms with Gasteiger partial charge in [0.05, 0.1) is 0 Å². The molecule has 1 aromatic heterocycles. The number of Topliss-reactive ketones (excluding diaryl/α,β-unsaturated/α-hetero) is 1. The lowest BCUT2D eigenvalue weighted by atomic mass is 9.45. The van der Waals surface area contributed by atoms with Crippen LogP contribution in [0.3, 0.4) is 0 Å². The summed E-state index contributed by atoms with van der Waals surface area (Å²) in [7, 11) is 0. The Hall–Kier alpha value is -1.57. The quantitative estimate of drug-likeness (QED) is 0.637. The molecule has 2 saturated carbocycles. The fourth-order valence-corrected chi connectivity index (χ4v) is 7.22. The van der Waals surface area contributed by atoms with Gasteiger partial charge in [-0.3, -0.25) is 4.79 Å². The van der Waals surface area contributed by atoms with E-state index in [4.69, 9.17) is 0 Å². The standard InChI is InChI=1S/C23H29NO/c1-21(2)18-9-12-23(4)19(22(18,3)11-10-20(21)25)14-16-13-15-7-5-6-8-17(15)24(16)23/h5-8,13,18-19H,9-12,14H2,1-4H3. The highest BCUT2D eigenvalue weighted by Crippen LogP contribution is 2.65. The van der Waals surface area contributed by atoms with Crippen LogP contribution in [0.1, 0.15) is 59.1 Å². The van der Waals surface area contributed by atoms with Crippen molar-refractivity contribution in [2.24, 2.45) is 22.7 Å². The number of benzene rings is 1. The molecule has 4 unspecified atom stereocenters. The Morgan fingerprint density at radius 1 is 1.04 bits per heavy atom. The van der Waals surface area contributed by atoms with Crippen molar-refractivity contribution < 1.29 is 4.79 Å². The van der Waals surface area contributed by atoms with Gasteiger partial charge < -0.3 is 4.57 Å². The van der Waals surface area contributed by atoms with E-state index in [1.165, 1.54) is 35.9 Å². The Balaban J connectivity index is 1.66. The van der Waals surface area contributed by atoms with Crippen LogP contribution in [0.15, 0.2) is 30.3 Å². The Kier molecular flexibility index (Phi) is 2.87. The van der Waals surface area contributed by atoms with E-state index in [0.29, 0.717) is 17.6 Å². The van der Waals surface area contributed by atoms with Gasteiger partial charge in [0.2, 0.25) is 0 Å². The summed E-state index contributed by atoms with van der Waals surface area (Å²) in [4.78, 5) is 12.6. The minimum atomic E-state index is -0.159. The molecule has 0 N–H and O–H groups in total. The molecule has 0 spiro atoms. The average Bonchev–Trinajstić information content (AvgIpc) is 3.07. The molecule has 1 aliphatic heterocycles. The molecular formula is C23H29NO. The first-order valence-corrected chi connectivity index (χ1v) is 9.92. The van der Waals surface area contributed by atoms with Gasteiger partial charge in [-0.2, -0.15) is 0 Å². The highest BCUT2D eigenvalue weighted by atomic mass is 16.1. The third-order valence-corrected chi connectivity index (χ3v) is 8.47. The lowest BCUT2D eigenvalue weighted by Gasteiger charge is -2.60. The molecule has 0 amide bonds. The molecule has 2 fully saturated rings. The van der Waals surface area contributed by atoms with Gasteiger partial charge in [-0.15, -0.1) is 0 Å². The lowest BCUT2D eigenvalue weighted by Crippen LogP contribution is -2.58. The largest absolute Gasteiger partial charge is 0.338 e. The van der Waals surface area contributed by atoms with E-state index in [0.717, 1.165) is 12.8 Å². The van der Waals surface area contributed by atoms with E-state index in [1.807, 2.05) is 0 Å². The molecule has 5 rings (SSSR count). The number of rotatable bonds is 0. The number of hydrogen-bond donors (Lipinski definition) is 0. The molecule has 0 saturated heterocycles. The number of fused-ring (bicyclic) bond motifs is 7. The molecule has 2 aromatic rings. The number of carbonyl (C=O) groups is 1. The maximum atomic E-state index is 12.6. The molecule has 0 bridgehead atoms. The fourth-order valence-electron chi connectivity index (χ4n) is 7.22. The predicted molar refractivity (Wildman–Crippen MR) is 102 cm³/mol. The van der Waals surface area contributed by atoms with Crippen molar-refractivity contribution in [3.8, 4) is 0 Å². The molecule has 2 nitrogen and oxygen atoms in total. The third kappa shape index (κ3) is 1.74. The minimum absolute atomic E-state index is 0.159. The number of carbonyl (C=O) groups excluding carboxylic acids is 1. The Morgan fingerprint density at radius 3 is 2.60 bits per heavy atom. The van der Waals surface area contributed by atoms with Gasteiger partial charge in [0.15, 0.2) is 0 Å². The number of aromatic nitrogens is 1. The number of hydrogen-bond acceptors (Lipinski definition) is 1. The van der Waals surface area contributed by atoms with E-state index in [2.05, 4.69) is 62.6 Å². The Bertz CT molecular complexity index is 891. The van der Waals surface area contributed by atoms with Gasteiger partial charge in [0.1, 0.15) is 5.78 Å². The van der Waals surface area contributed by atoms with Crippen LogP contribution in [-0.4, -0.2) is 10.4 Å². The van der Waals surface area contributed by atoms with Gasteiger partial charge in [-0.25, -0.2) is 0 Å². The molecule has 2 heteroatoms. The molecular weight excluding hydrogens is 306 g/mol. The van der Waals surface area contributed by atoms with Gasteiger partial charge in [-0.1, -0.05) is 39.0 Å². The van der Waals surface area contributed by atoms with Crippen LogP contribution in [0.2, 0.25) is 0 Å². The summed E-state index contributed by atoms with van der Waals surface area (Å²) < 4.78 is 2.66. The van der Waals surface area contributed by atoms with Crippen LogP contribution < -0.4 is 0 Å². The summed E-state index contributed by atoms with van der Waals surface area (Å²) in [6.45, 7) is 9.42. The highest BCUT2D eigenvalue weighted by Gasteiger charge is 2.63. The summed E-state index contributed by atoms with van der Waals surface area (Å²) in [5.74, 6) is 1.66. The maximum absolute atomic E-state index is 12.6. The van der Waals surface area contributed by atoms with E-state index in [1.54, 1.807) is 0 Å². The average molecular weight is 335 g/mol. The zero-order chi connectivity index (χ0) is 17.6. The van der Waals surface area contributed by atoms with Gasteiger partial charge >= 0.3 is 0 Å². The topological polar surface area (TPSA) is 22.0 Å². The van der Waals surface area contributed by atoms with E-state index in [9.17, 15) is 4.79 Å². The van der Waals surface area contributed by atoms with Gasteiger partial charge in [0, 0.05) is 28.6 Å². The minimum Gasteiger partial charge on any atom is -0.338 e. The molecule has 132 valence electrons. The van der Waals surface area contributed by atoms with Crippen LogP contribution >= 0.6 is 0 Å². The Labute approximate surface area is 150 Å². The summed E-state index contributed by atoms with van der Waals surface area (Å²) >= 11 is 0. The molecule has 0 radical (unpaired) electrons. The zero-order valence-corrected chi connectivity index (χ0v) is 15.9. The molecule has 3 aliphatic rings. The fraction of sp³-hybridized carbons (Fsp3) is 0.609. The highest BCUT2D eigenvalue weighted by molar-refractivity contribution is 5.86. The van der Waals surface area contributed by atoms with Gasteiger partial charge in [-0.05, 0) is 67.4 Å². The van der Waals surface area contributed by atoms with Crippen molar-refractivity contribution >= 4 is 16.7 Å².